The van der Waals surface area contributed by atoms with E-state index in [4.69, 9.17) is 4.98 Å². The summed E-state index contributed by atoms with van der Waals surface area (Å²) in [5.74, 6) is 0. The number of nitrogens with zero attached hydrogens (tertiary/aromatic N) is 2. The number of imidazole rings is 1. The van der Waals surface area contributed by atoms with Crippen LogP contribution in [0.15, 0.2) is 40.4 Å². The summed E-state index contributed by atoms with van der Waals surface area (Å²) < 4.78 is 3.28. The Labute approximate surface area is 137 Å². The summed E-state index contributed by atoms with van der Waals surface area (Å²) in [4.78, 5) is 5.76. The average molecular weight is 364 g/mol. The van der Waals surface area contributed by atoms with Gasteiger partial charge in [0.05, 0.1) is 5.69 Å². The molecule has 3 nitrogen and oxygen atoms in total. The Morgan fingerprint density at radius 1 is 1.43 bits per heavy atom. The van der Waals surface area contributed by atoms with Gasteiger partial charge >= 0.3 is 0 Å². The molecule has 0 aliphatic carbocycles. The van der Waals surface area contributed by atoms with E-state index in [2.05, 4.69) is 75.5 Å². The van der Waals surface area contributed by atoms with Crippen molar-refractivity contribution in [2.45, 2.75) is 26.3 Å². The van der Waals surface area contributed by atoms with Crippen LogP contribution in [0.1, 0.15) is 29.8 Å². The van der Waals surface area contributed by atoms with Gasteiger partial charge < -0.3 is 5.32 Å². The lowest BCUT2D eigenvalue weighted by atomic mass is 10.0. The van der Waals surface area contributed by atoms with Crippen molar-refractivity contribution >= 4 is 32.2 Å². The molecule has 1 atom stereocenters. The van der Waals surface area contributed by atoms with Crippen molar-refractivity contribution in [1.82, 2.24) is 14.7 Å². The minimum absolute atomic E-state index is 0.272. The Morgan fingerprint density at radius 2 is 2.29 bits per heavy atom. The Bertz CT molecular complexity index is 718. The smallest absolute Gasteiger partial charge is 0.193 e. The highest BCUT2D eigenvalue weighted by Gasteiger charge is 2.17. The number of hydrogen-bond donors (Lipinski definition) is 1. The van der Waals surface area contributed by atoms with Crippen molar-refractivity contribution in [1.29, 1.82) is 0 Å². The van der Waals surface area contributed by atoms with Crippen LogP contribution in [-0.4, -0.2) is 15.9 Å². The molecule has 0 aliphatic heterocycles. The molecule has 2 heterocycles. The van der Waals surface area contributed by atoms with E-state index in [-0.39, 0.29) is 6.04 Å². The normalized spacial score (nSPS) is 12.9. The van der Waals surface area contributed by atoms with E-state index in [9.17, 15) is 0 Å². The summed E-state index contributed by atoms with van der Waals surface area (Å²) in [6.07, 6.45) is 5.07. The van der Waals surface area contributed by atoms with Gasteiger partial charge in [-0.2, -0.15) is 0 Å². The molecular formula is C16H18BrN3S. The second kappa shape index (κ2) is 6.30. The third-order valence-electron chi connectivity index (χ3n) is 3.60. The van der Waals surface area contributed by atoms with E-state index >= 15 is 0 Å². The molecule has 0 saturated carbocycles. The van der Waals surface area contributed by atoms with Gasteiger partial charge in [-0.15, -0.1) is 11.3 Å². The van der Waals surface area contributed by atoms with Gasteiger partial charge in [0.15, 0.2) is 4.96 Å². The molecule has 0 radical (unpaired) electrons. The second-order valence-corrected chi connectivity index (χ2v) is 6.78. The lowest BCUT2D eigenvalue weighted by Gasteiger charge is -2.19. The van der Waals surface area contributed by atoms with Crippen LogP contribution in [0.2, 0.25) is 0 Å². The first-order chi connectivity index (χ1) is 10.2. The maximum Gasteiger partial charge on any atom is 0.193 e. The molecular weight excluding hydrogens is 346 g/mol. The molecule has 0 aliphatic rings. The number of thiazole rings is 1. The third-order valence-corrected chi connectivity index (χ3v) is 5.46. The summed E-state index contributed by atoms with van der Waals surface area (Å²) >= 11 is 5.40. The van der Waals surface area contributed by atoms with Crippen molar-refractivity contribution < 1.29 is 0 Å². The molecule has 0 spiro atoms. The highest BCUT2D eigenvalue weighted by atomic mass is 79.9. The Kier molecular flexibility index (Phi) is 4.42. The molecule has 1 unspecified atom stereocenters. The minimum Gasteiger partial charge on any atom is -0.310 e. The molecule has 1 aromatic carbocycles. The van der Waals surface area contributed by atoms with Gasteiger partial charge in [0, 0.05) is 34.7 Å². The highest BCUT2D eigenvalue weighted by Crippen LogP contribution is 2.29. The van der Waals surface area contributed by atoms with Gasteiger partial charge in [-0.25, -0.2) is 4.98 Å². The number of fused-ring (bicyclic) bond motifs is 1. The minimum atomic E-state index is 0.272. The van der Waals surface area contributed by atoms with Gasteiger partial charge in [0.25, 0.3) is 0 Å². The van der Waals surface area contributed by atoms with E-state index in [1.165, 1.54) is 15.6 Å². The lowest BCUT2D eigenvalue weighted by molar-refractivity contribution is 0.543. The van der Waals surface area contributed by atoms with E-state index in [0.29, 0.717) is 0 Å². The van der Waals surface area contributed by atoms with E-state index < -0.39 is 0 Å². The number of likely N-dealkylation sites (N-methyl/N-ethyl adjacent to an activating group) is 1. The van der Waals surface area contributed by atoms with Gasteiger partial charge in [-0.3, -0.25) is 4.40 Å². The molecule has 2 aromatic heterocycles. The topological polar surface area (TPSA) is 29.3 Å². The molecule has 3 aromatic rings. The van der Waals surface area contributed by atoms with Crippen molar-refractivity contribution in [3.63, 3.8) is 0 Å². The SMILES string of the molecule is CCNC(Cc1cn2ccsc2n1)c1cccc(C)c1Br. The monoisotopic (exact) mass is 363 g/mol. The second-order valence-electron chi connectivity index (χ2n) is 5.12. The van der Waals surface area contributed by atoms with Crippen LogP contribution >= 0.6 is 27.3 Å². The zero-order valence-corrected chi connectivity index (χ0v) is 14.5. The van der Waals surface area contributed by atoms with E-state index in [1.807, 2.05) is 0 Å². The predicted molar refractivity (Wildman–Crippen MR) is 92.1 cm³/mol. The Morgan fingerprint density at radius 3 is 3.05 bits per heavy atom. The molecule has 21 heavy (non-hydrogen) atoms. The van der Waals surface area contributed by atoms with Crippen molar-refractivity contribution in [2.75, 3.05) is 6.54 Å². The van der Waals surface area contributed by atoms with Crippen LogP contribution in [0.4, 0.5) is 0 Å². The van der Waals surface area contributed by atoms with Gasteiger partial charge in [-0.05, 0) is 24.6 Å². The number of benzene rings is 1. The lowest BCUT2D eigenvalue weighted by Crippen LogP contribution is -2.23. The number of rotatable bonds is 5. The standard InChI is InChI=1S/C16H18BrN3S/c1-3-18-14(13-6-4-5-11(2)15(13)17)9-12-10-20-7-8-21-16(20)19-12/h4-8,10,14,18H,3,9H2,1-2H3. The van der Waals surface area contributed by atoms with Crippen molar-refractivity contribution in [3.05, 3.63) is 57.3 Å². The number of hydrogen-bond acceptors (Lipinski definition) is 3. The fourth-order valence-electron chi connectivity index (χ4n) is 2.56. The molecule has 1 N–H and O–H groups in total. The summed E-state index contributed by atoms with van der Waals surface area (Å²) in [6, 6.07) is 6.70. The molecule has 0 fully saturated rings. The number of nitrogens with one attached hydrogen (secondary N) is 1. The average Bonchev–Trinajstić information content (AvgIpc) is 3.02. The number of aromatic nitrogens is 2. The van der Waals surface area contributed by atoms with Crippen molar-refractivity contribution in [2.24, 2.45) is 0 Å². The number of halogens is 1. The molecule has 110 valence electrons. The zero-order chi connectivity index (χ0) is 14.8. The quantitative estimate of drug-likeness (QED) is 0.729. The summed E-state index contributed by atoms with van der Waals surface area (Å²) in [6.45, 7) is 5.21. The van der Waals surface area contributed by atoms with E-state index in [1.54, 1.807) is 11.3 Å². The molecule has 5 heteroatoms. The molecule has 3 rings (SSSR count). The van der Waals surface area contributed by atoms with Gasteiger partial charge in [0.1, 0.15) is 0 Å². The van der Waals surface area contributed by atoms with Gasteiger partial charge in [0.2, 0.25) is 0 Å². The first kappa shape index (κ1) is 14.8. The largest absolute Gasteiger partial charge is 0.310 e. The first-order valence-corrected chi connectivity index (χ1v) is 8.75. The summed E-state index contributed by atoms with van der Waals surface area (Å²) in [5, 5.41) is 5.64. The van der Waals surface area contributed by atoms with E-state index in [0.717, 1.165) is 23.6 Å². The predicted octanol–water partition coefficient (Wildman–Crippen LogP) is 4.36. The van der Waals surface area contributed by atoms with Crippen LogP contribution in [0.3, 0.4) is 0 Å². The van der Waals surface area contributed by atoms with Gasteiger partial charge in [-0.1, -0.05) is 41.1 Å². The van der Waals surface area contributed by atoms with Crippen molar-refractivity contribution in [3.8, 4) is 0 Å². The van der Waals surface area contributed by atoms with Crippen LogP contribution in [0.25, 0.3) is 4.96 Å². The van der Waals surface area contributed by atoms with Crippen LogP contribution in [0.5, 0.6) is 0 Å². The fraction of sp³-hybridized carbons (Fsp3) is 0.312. The third kappa shape index (κ3) is 3.05. The Hall–Kier alpha value is -1.17. The summed E-state index contributed by atoms with van der Waals surface area (Å²) in [5.41, 5.74) is 3.69. The maximum absolute atomic E-state index is 4.70. The molecule has 0 amide bonds. The van der Waals surface area contributed by atoms with Crippen LogP contribution < -0.4 is 5.32 Å². The highest BCUT2D eigenvalue weighted by molar-refractivity contribution is 9.10. The first-order valence-electron chi connectivity index (χ1n) is 7.08. The molecule has 0 saturated heterocycles. The fourth-order valence-corrected chi connectivity index (χ4v) is 3.82. The maximum atomic E-state index is 4.70. The summed E-state index contributed by atoms with van der Waals surface area (Å²) in [7, 11) is 0. The Balaban J connectivity index is 1.90. The number of aryl methyl sites for hydroxylation is 1. The van der Waals surface area contributed by atoms with Crippen LogP contribution in [-0.2, 0) is 6.42 Å². The van der Waals surface area contributed by atoms with Crippen LogP contribution in [0, 0.1) is 6.92 Å². The zero-order valence-electron chi connectivity index (χ0n) is 12.1. The molecule has 0 bridgehead atoms.